The molecule has 0 fully saturated rings. The van der Waals surface area contributed by atoms with E-state index in [4.69, 9.17) is 16.7 Å². The number of hydrogen-bond acceptors (Lipinski definition) is 2. The number of aliphatic carboxylic acids is 1. The number of nitrogens with one attached hydrogen (secondary N) is 1. The summed E-state index contributed by atoms with van der Waals surface area (Å²) in [5, 5.41) is 12.0. The molecule has 2 N–H and O–H groups in total. The Morgan fingerprint density at radius 2 is 2.29 bits per heavy atom. The average Bonchev–Trinajstić information content (AvgIpc) is 2.09. The summed E-state index contributed by atoms with van der Waals surface area (Å²) >= 11 is 9.16. The minimum atomic E-state index is -0.913. The highest BCUT2D eigenvalue weighted by Gasteiger charge is 2.11. The summed E-state index contributed by atoms with van der Waals surface area (Å²) in [7, 11) is 0. The molecule has 1 unspecified atom stereocenters. The molecule has 14 heavy (non-hydrogen) atoms. The smallest absolute Gasteiger partial charge is 0.325 e. The van der Waals surface area contributed by atoms with Crippen molar-refractivity contribution in [2.24, 2.45) is 0 Å². The number of carbonyl (C=O) groups is 1. The molecular formula is C9H9BrClNO2. The van der Waals surface area contributed by atoms with Gasteiger partial charge in [-0.2, -0.15) is 0 Å². The average molecular weight is 279 g/mol. The first-order valence-corrected chi connectivity index (χ1v) is 5.12. The Balaban J connectivity index is 2.82. The Kier molecular flexibility index (Phi) is 3.77. The van der Waals surface area contributed by atoms with Crippen molar-refractivity contribution in [3.63, 3.8) is 0 Å². The standard InChI is InChI=1S/C9H9BrClNO2/c1-5(9(13)14)12-8-3-2-6(10)4-7(8)11/h2-5,12H,1H3,(H,13,14). The van der Waals surface area contributed by atoms with Gasteiger partial charge in [0.25, 0.3) is 0 Å². The number of rotatable bonds is 3. The maximum absolute atomic E-state index is 10.6. The van der Waals surface area contributed by atoms with Crippen molar-refractivity contribution in [1.29, 1.82) is 0 Å². The maximum Gasteiger partial charge on any atom is 0.325 e. The summed E-state index contributed by atoms with van der Waals surface area (Å²) in [6, 6.07) is 4.57. The monoisotopic (exact) mass is 277 g/mol. The SMILES string of the molecule is CC(Nc1ccc(Br)cc1Cl)C(=O)O. The second-order valence-electron chi connectivity index (χ2n) is 2.83. The molecule has 1 atom stereocenters. The van der Waals surface area contributed by atoms with Crippen molar-refractivity contribution >= 4 is 39.2 Å². The summed E-state index contributed by atoms with van der Waals surface area (Å²) in [5.74, 6) is -0.913. The van der Waals surface area contributed by atoms with Gasteiger partial charge in [-0.1, -0.05) is 27.5 Å². The van der Waals surface area contributed by atoms with E-state index in [0.717, 1.165) is 4.47 Å². The van der Waals surface area contributed by atoms with Crippen LogP contribution in [-0.2, 0) is 4.79 Å². The van der Waals surface area contributed by atoms with Crippen LogP contribution in [0.2, 0.25) is 5.02 Å². The molecule has 0 aliphatic heterocycles. The van der Waals surface area contributed by atoms with Crippen molar-refractivity contribution in [3.05, 3.63) is 27.7 Å². The molecular weight excluding hydrogens is 269 g/mol. The van der Waals surface area contributed by atoms with E-state index in [2.05, 4.69) is 21.2 Å². The van der Waals surface area contributed by atoms with Gasteiger partial charge in [0.05, 0.1) is 10.7 Å². The minimum Gasteiger partial charge on any atom is -0.480 e. The van der Waals surface area contributed by atoms with Crippen LogP contribution in [0, 0.1) is 0 Å². The topological polar surface area (TPSA) is 49.3 Å². The summed E-state index contributed by atoms with van der Waals surface area (Å²) in [4.78, 5) is 10.6. The van der Waals surface area contributed by atoms with E-state index in [1.165, 1.54) is 0 Å². The molecule has 0 bridgehead atoms. The Hall–Kier alpha value is -0.740. The van der Waals surface area contributed by atoms with E-state index < -0.39 is 12.0 Å². The fourth-order valence-electron chi connectivity index (χ4n) is 0.902. The molecule has 0 saturated carbocycles. The van der Waals surface area contributed by atoms with Crippen LogP contribution in [0.3, 0.4) is 0 Å². The van der Waals surface area contributed by atoms with Gasteiger partial charge in [0, 0.05) is 4.47 Å². The van der Waals surface area contributed by atoms with Gasteiger partial charge in [0.15, 0.2) is 0 Å². The summed E-state index contributed by atoms with van der Waals surface area (Å²) < 4.78 is 0.857. The second kappa shape index (κ2) is 4.66. The molecule has 0 amide bonds. The molecule has 0 heterocycles. The molecule has 1 aromatic rings. The molecule has 0 aromatic heterocycles. The van der Waals surface area contributed by atoms with Gasteiger partial charge in [0.2, 0.25) is 0 Å². The van der Waals surface area contributed by atoms with Gasteiger partial charge in [-0.15, -0.1) is 0 Å². The number of carboxylic acids is 1. The molecule has 3 nitrogen and oxygen atoms in total. The first-order chi connectivity index (χ1) is 6.50. The molecule has 0 aliphatic rings. The molecule has 1 aromatic carbocycles. The third-order valence-electron chi connectivity index (χ3n) is 1.67. The van der Waals surface area contributed by atoms with Crippen LogP contribution in [0.4, 0.5) is 5.69 Å². The molecule has 76 valence electrons. The zero-order valence-corrected chi connectivity index (χ0v) is 9.76. The highest BCUT2D eigenvalue weighted by Crippen LogP contribution is 2.26. The summed E-state index contributed by atoms with van der Waals surface area (Å²) in [5.41, 5.74) is 0.616. The van der Waals surface area contributed by atoms with Crippen LogP contribution in [0.25, 0.3) is 0 Å². The van der Waals surface area contributed by atoms with Crippen LogP contribution >= 0.6 is 27.5 Å². The Morgan fingerprint density at radius 3 is 2.79 bits per heavy atom. The number of halogens is 2. The van der Waals surface area contributed by atoms with Gasteiger partial charge in [-0.3, -0.25) is 4.79 Å². The lowest BCUT2D eigenvalue weighted by Gasteiger charge is -2.12. The van der Waals surface area contributed by atoms with E-state index in [1.54, 1.807) is 25.1 Å². The van der Waals surface area contributed by atoms with Crippen LogP contribution in [0.15, 0.2) is 22.7 Å². The minimum absolute atomic E-state index is 0.493. The van der Waals surface area contributed by atoms with E-state index in [-0.39, 0.29) is 0 Å². The fraction of sp³-hybridized carbons (Fsp3) is 0.222. The van der Waals surface area contributed by atoms with E-state index in [1.807, 2.05) is 0 Å². The van der Waals surface area contributed by atoms with Crippen LogP contribution in [-0.4, -0.2) is 17.1 Å². The van der Waals surface area contributed by atoms with Crippen LogP contribution < -0.4 is 5.32 Å². The van der Waals surface area contributed by atoms with Crippen molar-refractivity contribution in [2.75, 3.05) is 5.32 Å². The zero-order chi connectivity index (χ0) is 10.7. The predicted octanol–water partition coefficient (Wildman–Crippen LogP) is 2.99. The predicted molar refractivity (Wildman–Crippen MR) is 59.9 cm³/mol. The van der Waals surface area contributed by atoms with Crippen molar-refractivity contribution in [3.8, 4) is 0 Å². The van der Waals surface area contributed by atoms with Crippen LogP contribution in [0.1, 0.15) is 6.92 Å². The molecule has 1 rings (SSSR count). The maximum atomic E-state index is 10.6. The van der Waals surface area contributed by atoms with Crippen molar-refractivity contribution < 1.29 is 9.90 Å². The molecule has 5 heteroatoms. The Bertz CT molecular complexity index is 357. The summed E-state index contributed by atoms with van der Waals surface area (Å²) in [6.45, 7) is 1.56. The number of benzene rings is 1. The third-order valence-corrected chi connectivity index (χ3v) is 2.48. The normalized spacial score (nSPS) is 12.2. The third kappa shape index (κ3) is 2.89. The largest absolute Gasteiger partial charge is 0.480 e. The van der Waals surface area contributed by atoms with Gasteiger partial charge >= 0.3 is 5.97 Å². The Labute approximate surface area is 95.2 Å². The molecule has 0 saturated heterocycles. The molecule has 0 radical (unpaired) electrons. The number of carboxylic acid groups (broad SMARTS) is 1. The van der Waals surface area contributed by atoms with Crippen LogP contribution in [0.5, 0.6) is 0 Å². The van der Waals surface area contributed by atoms with Crippen molar-refractivity contribution in [1.82, 2.24) is 0 Å². The molecule has 0 aliphatic carbocycles. The lowest BCUT2D eigenvalue weighted by molar-refractivity contribution is -0.137. The Morgan fingerprint density at radius 1 is 1.64 bits per heavy atom. The highest BCUT2D eigenvalue weighted by molar-refractivity contribution is 9.10. The number of hydrogen-bond donors (Lipinski definition) is 2. The fourth-order valence-corrected chi connectivity index (χ4v) is 1.63. The number of anilines is 1. The van der Waals surface area contributed by atoms with Gasteiger partial charge in [-0.05, 0) is 25.1 Å². The second-order valence-corrected chi connectivity index (χ2v) is 4.15. The van der Waals surface area contributed by atoms with E-state index in [9.17, 15) is 4.79 Å². The van der Waals surface area contributed by atoms with Gasteiger partial charge < -0.3 is 10.4 Å². The molecule has 0 spiro atoms. The quantitative estimate of drug-likeness (QED) is 0.893. The first-order valence-electron chi connectivity index (χ1n) is 3.95. The lowest BCUT2D eigenvalue weighted by atomic mass is 10.2. The summed E-state index contributed by atoms with van der Waals surface area (Å²) in [6.07, 6.45) is 0. The van der Waals surface area contributed by atoms with Crippen molar-refractivity contribution in [2.45, 2.75) is 13.0 Å². The van der Waals surface area contributed by atoms with Gasteiger partial charge in [-0.25, -0.2) is 0 Å². The zero-order valence-electron chi connectivity index (χ0n) is 7.42. The lowest BCUT2D eigenvalue weighted by Crippen LogP contribution is -2.25. The highest BCUT2D eigenvalue weighted by atomic mass is 79.9. The first kappa shape index (κ1) is 11.3. The van der Waals surface area contributed by atoms with E-state index >= 15 is 0 Å². The van der Waals surface area contributed by atoms with Gasteiger partial charge in [0.1, 0.15) is 6.04 Å². The van der Waals surface area contributed by atoms with E-state index in [0.29, 0.717) is 10.7 Å².